The molecular weight excluding hydrogens is 338 g/mol. The van der Waals surface area contributed by atoms with E-state index in [1.165, 1.54) is 28.0 Å². The lowest BCUT2D eigenvalue weighted by atomic mass is 10.3. The van der Waals surface area contributed by atoms with Crippen LogP contribution in [0.2, 0.25) is 0 Å². The molecule has 2 aliphatic rings. The number of rotatable bonds is 4. The molecule has 2 amide bonds. The summed E-state index contributed by atoms with van der Waals surface area (Å²) in [7, 11) is 0. The van der Waals surface area contributed by atoms with Crippen LogP contribution < -0.4 is 10.7 Å². The van der Waals surface area contributed by atoms with Gasteiger partial charge in [-0.1, -0.05) is 6.07 Å². The van der Waals surface area contributed by atoms with Crippen LogP contribution in [0.4, 0.5) is 5.13 Å². The van der Waals surface area contributed by atoms with Crippen LogP contribution in [-0.2, 0) is 9.59 Å². The zero-order valence-corrected chi connectivity index (χ0v) is 14.0. The minimum absolute atomic E-state index is 0.0849. The van der Waals surface area contributed by atoms with Crippen LogP contribution in [0.25, 0.3) is 11.4 Å². The van der Waals surface area contributed by atoms with Gasteiger partial charge in [0.25, 0.3) is 5.91 Å². The van der Waals surface area contributed by atoms with E-state index in [4.69, 9.17) is 0 Å². The first-order chi connectivity index (χ1) is 12.2. The van der Waals surface area contributed by atoms with E-state index in [2.05, 4.69) is 20.7 Å². The van der Waals surface area contributed by atoms with Crippen LogP contribution in [0.5, 0.6) is 0 Å². The summed E-state index contributed by atoms with van der Waals surface area (Å²) >= 11 is 1.32. The van der Waals surface area contributed by atoms with Gasteiger partial charge in [0.1, 0.15) is 12.2 Å². The van der Waals surface area contributed by atoms with E-state index >= 15 is 0 Å². The van der Waals surface area contributed by atoms with Crippen molar-refractivity contribution < 1.29 is 9.59 Å². The molecule has 25 heavy (non-hydrogen) atoms. The number of anilines is 1. The highest BCUT2D eigenvalue weighted by atomic mass is 32.1. The third kappa shape index (κ3) is 3.58. The van der Waals surface area contributed by atoms with Gasteiger partial charge < -0.3 is 5.32 Å². The first-order valence-electron chi connectivity index (χ1n) is 7.84. The van der Waals surface area contributed by atoms with Gasteiger partial charge in [0.15, 0.2) is 5.13 Å². The fourth-order valence-corrected chi connectivity index (χ4v) is 3.11. The van der Waals surface area contributed by atoms with Gasteiger partial charge in [-0.2, -0.15) is 0 Å². The second-order valence-corrected chi connectivity index (χ2v) is 6.55. The van der Waals surface area contributed by atoms with Crippen molar-refractivity contribution in [3.05, 3.63) is 53.2 Å². The minimum atomic E-state index is -0.307. The summed E-state index contributed by atoms with van der Waals surface area (Å²) in [5.74, 6) is -0.549. The van der Waals surface area contributed by atoms with Gasteiger partial charge in [0.05, 0.1) is 11.4 Å². The smallest absolute Gasteiger partial charge is 0.265 e. The molecule has 0 bridgehead atoms. The van der Waals surface area contributed by atoms with Crippen molar-refractivity contribution in [1.82, 2.24) is 20.4 Å². The van der Waals surface area contributed by atoms with E-state index in [0.29, 0.717) is 10.8 Å². The largest absolute Gasteiger partial charge is 0.300 e. The fourth-order valence-electron chi connectivity index (χ4n) is 2.39. The molecule has 0 aromatic carbocycles. The lowest BCUT2D eigenvalue weighted by molar-refractivity contribution is -0.133. The first-order valence-corrected chi connectivity index (χ1v) is 8.72. The summed E-state index contributed by atoms with van der Waals surface area (Å²) in [5, 5.41) is 6.35. The van der Waals surface area contributed by atoms with Crippen LogP contribution in [0.1, 0.15) is 12.8 Å². The van der Waals surface area contributed by atoms with Gasteiger partial charge in [0.2, 0.25) is 5.91 Å². The summed E-state index contributed by atoms with van der Waals surface area (Å²) in [4.78, 5) is 32.7. The van der Waals surface area contributed by atoms with Gasteiger partial charge in [-0.3, -0.25) is 20.0 Å². The molecule has 1 aliphatic heterocycles. The number of hydrazine groups is 1. The van der Waals surface area contributed by atoms with Gasteiger partial charge in [-0.05, 0) is 36.6 Å². The van der Waals surface area contributed by atoms with Crippen molar-refractivity contribution in [3.8, 4) is 11.4 Å². The van der Waals surface area contributed by atoms with Gasteiger partial charge >= 0.3 is 0 Å². The summed E-state index contributed by atoms with van der Waals surface area (Å²) in [6.07, 6.45) is 7.01. The summed E-state index contributed by atoms with van der Waals surface area (Å²) in [5.41, 5.74) is 6.64. The van der Waals surface area contributed by atoms with Gasteiger partial charge in [-0.25, -0.2) is 9.99 Å². The number of nitrogens with one attached hydrogen (secondary N) is 2. The Bertz CT molecular complexity index is 881. The number of carbonyl (C=O) groups is 2. The van der Waals surface area contributed by atoms with Crippen LogP contribution in [0.15, 0.2) is 53.2 Å². The maximum atomic E-state index is 12.2. The Morgan fingerprint density at radius 1 is 1.28 bits per heavy atom. The molecule has 2 aromatic rings. The van der Waals surface area contributed by atoms with E-state index in [1.54, 1.807) is 12.3 Å². The molecule has 2 aromatic heterocycles. The maximum absolute atomic E-state index is 12.2. The minimum Gasteiger partial charge on any atom is -0.300 e. The number of pyridine rings is 1. The van der Waals surface area contributed by atoms with E-state index in [0.717, 1.165) is 24.2 Å². The number of thiazole rings is 1. The molecule has 1 fully saturated rings. The van der Waals surface area contributed by atoms with Crippen molar-refractivity contribution in [2.24, 2.45) is 0 Å². The second kappa shape index (κ2) is 6.48. The van der Waals surface area contributed by atoms with Crippen molar-refractivity contribution >= 4 is 28.3 Å². The van der Waals surface area contributed by atoms with E-state index in [-0.39, 0.29) is 18.4 Å². The quantitative estimate of drug-likeness (QED) is 0.879. The SMILES string of the molecule is O=C(CN1NC(=C2CC2)C=CC1=O)Nc1nc(-c2ccccn2)cs1. The molecule has 3 heterocycles. The van der Waals surface area contributed by atoms with Crippen molar-refractivity contribution in [2.45, 2.75) is 12.8 Å². The Hall–Kier alpha value is -3.00. The molecule has 2 N–H and O–H groups in total. The highest BCUT2D eigenvalue weighted by Crippen LogP contribution is 2.31. The first kappa shape index (κ1) is 15.5. The molecule has 0 saturated heterocycles. The van der Waals surface area contributed by atoms with Crippen molar-refractivity contribution in [1.29, 1.82) is 0 Å². The lowest BCUT2D eigenvalue weighted by Crippen LogP contribution is -2.47. The molecule has 0 radical (unpaired) electrons. The van der Waals surface area contributed by atoms with Crippen LogP contribution >= 0.6 is 11.3 Å². The number of nitrogens with zero attached hydrogens (tertiary/aromatic N) is 3. The van der Waals surface area contributed by atoms with E-state index in [9.17, 15) is 9.59 Å². The highest BCUT2D eigenvalue weighted by molar-refractivity contribution is 7.14. The van der Waals surface area contributed by atoms with E-state index < -0.39 is 0 Å². The average Bonchev–Trinajstić information content (AvgIpc) is 3.37. The zero-order valence-electron chi connectivity index (χ0n) is 13.2. The van der Waals surface area contributed by atoms with E-state index in [1.807, 2.05) is 23.6 Å². The Morgan fingerprint density at radius 3 is 2.92 bits per heavy atom. The number of hydrogen-bond donors (Lipinski definition) is 2. The molecule has 1 aliphatic carbocycles. The number of carbonyl (C=O) groups excluding carboxylic acids is 2. The molecule has 0 unspecified atom stereocenters. The van der Waals surface area contributed by atoms with Crippen LogP contribution in [0.3, 0.4) is 0 Å². The molecule has 0 spiro atoms. The summed E-state index contributed by atoms with van der Waals surface area (Å²) in [6.45, 7) is -0.0849. The number of aromatic nitrogens is 2. The normalized spacial score (nSPS) is 16.0. The van der Waals surface area contributed by atoms with Crippen LogP contribution in [-0.4, -0.2) is 33.3 Å². The highest BCUT2D eigenvalue weighted by Gasteiger charge is 2.24. The maximum Gasteiger partial charge on any atom is 0.265 e. The number of hydrogen-bond acceptors (Lipinski definition) is 6. The third-order valence-corrected chi connectivity index (χ3v) is 4.53. The standard InChI is InChI=1S/C17H15N5O2S/c23-15(9-22-16(24)7-6-12(21-22)11-4-5-11)20-17-19-14(10-25-17)13-3-1-2-8-18-13/h1-3,6-8,10,21H,4-5,9H2,(H,19,20,23). The second-order valence-electron chi connectivity index (χ2n) is 5.69. The van der Waals surface area contributed by atoms with Gasteiger partial charge in [-0.15, -0.1) is 11.3 Å². The molecular formula is C17H15N5O2S. The fraction of sp³-hybridized carbons (Fsp3) is 0.176. The number of allylic oxidation sites excluding steroid dienone is 2. The third-order valence-electron chi connectivity index (χ3n) is 3.77. The van der Waals surface area contributed by atoms with Crippen molar-refractivity contribution in [3.63, 3.8) is 0 Å². The monoisotopic (exact) mass is 353 g/mol. The summed E-state index contributed by atoms with van der Waals surface area (Å²) in [6, 6.07) is 5.57. The lowest BCUT2D eigenvalue weighted by Gasteiger charge is -2.26. The van der Waals surface area contributed by atoms with Crippen molar-refractivity contribution in [2.75, 3.05) is 11.9 Å². The Kier molecular flexibility index (Phi) is 4.02. The van der Waals surface area contributed by atoms with Crippen LogP contribution in [0, 0.1) is 0 Å². The molecule has 8 heteroatoms. The predicted octanol–water partition coefficient (Wildman–Crippen LogP) is 2.09. The Balaban J connectivity index is 1.39. The predicted molar refractivity (Wildman–Crippen MR) is 94.2 cm³/mol. The summed E-state index contributed by atoms with van der Waals surface area (Å²) < 4.78 is 0. The van der Waals surface area contributed by atoms with Gasteiger partial charge in [0, 0.05) is 17.7 Å². The Labute approximate surface area is 148 Å². The number of amides is 2. The molecule has 1 saturated carbocycles. The molecule has 126 valence electrons. The Morgan fingerprint density at radius 2 is 2.16 bits per heavy atom. The molecule has 7 nitrogen and oxygen atoms in total. The zero-order chi connectivity index (χ0) is 17.2. The topological polar surface area (TPSA) is 87.2 Å². The average molecular weight is 353 g/mol. The molecule has 0 atom stereocenters. The molecule has 4 rings (SSSR count).